The highest BCUT2D eigenvalue weighted by molar-refractivity contribution is 7.13. The Hall–Kier alpha value is -0.650. The van der Waals surface area contributed by atoms with Crippen LogP contribution in [0.25, 0.3) is 0 Å². The Bertz CT molecular complexity index is 281. The first-order valence-corrected chi connectivity index (χ1v) is 5.29. The van der Waals surface area contributed by atoms with Gasteiger partial charge in [0.25, 0.3) is 0 Å². The van der Waals surface area contributed by atoms with Crippen molar-refractivity contribution in [1.82, 2.24) is 9.88 Å². The van der Waals surface area contributed by atoms with E-state index in [0.29, 0.717) is 0 Å². The summed E-state index contributed by atoms with van der Waals surface area (Å²) in [7, 11) is 2.15. The van der Waals surface area contributed by atoms with Crippen LogP contribution in [0.15, 0.2) is 5.38 Å². The maximum absolute atomic E-state index is 5.25. The Kier molecular flexibility index (Phi) is 2.48. The lowest BCUT2D eigenvalue weighted by molar-refractivity contribution is 0.313. The summed E-state index contributed by atoms with van der Waals surface area (Å²) >= 11 is 1.55. The van der Waals surface area contributed by atoms with Crippen LogP contribution in [0.4, 0.5) is 5.13 Å². The highest BCUT2D eigenvalue weighted by atomic mass is 32.1. The Labute approximate surface area is 81.7 Å². The van der Waals surface area contributed by atoms with Gasteiger partial charge in [-0.05, 0) is 19.9 Å². The minimum absolute atomic E-state index is 0.788. The second-order valence-corrected chi connectivity index (χ2v) is 4.29. The summed E-state index contributed by atoms with van der Waals surface area (Å²) in [4.78, 5) is 6.66. The fourth-order valence-electron chi connectivity index (χ4n) is 1.35. The molecule has 0 aliphatic heterocycles. The molecule has 4 nitrogen and oxygen atoms in total. The predicted molar refractivity (Wildman–Crippen MR) is 54.4 cm³/mol. The number of nitrogens with one attached hydrogen (secondary N) is 1. The molecule has 1 aliphatic rings. The Balaban J connectivity index is 1.92. The number of thiazole rings is 1. The second kappa shape index (κ2) is 3.61. The molecule has 0 unspecified atom stereocenters. The third kappa shape index (κ3) is 2.18. The number of aromatic nitrogens is 1. The summed E-state index contributed by atoms with van der Waals surface area (Å²) < 4.78 is 0. The number of hydrogen-bond donors (Lipinski definition) is 2. The molecule has 5 heteroatoms. The molecule has 0 radical (unpaired) electrons. The highest BCUT2D eigenvalue weighted by Gasteiger charge is 2.26. The Morgan fingerprint density at radius 1 is 1.77 bits per heavy atom. The highest BCUT2D eigenvalue weighted by Crippen LogP contribution is 2.27. The van der Waals surface area contributed by atoms with Crippen LogP contribution in [0.1, 0.15) is 18.5 Å². The first kappa shape index (κ1) is 8.93. The molecule has 0 saturated heterocycles. The zero-order chi connectivity index (χ0) is 9.26. The van der Waals surface area contributed by atoms with Crippen LogP contribution in [-0.2, 0) is 6.54 Å². The van der Waals surface area contributed by atoms with Crippen molar-refractivity contribution in [3.8, 4) is 0 Å². The van der Waals surface area contributed by atoms with Gasteiger partial charge in [0.2, 0.25) is 0 Å². The molecule has 1 fully saturated rings. The standard InChI is InChI=1S/C8H14N4S/c1-12(7-2-3-7)4-6-5-13-8(10-6)11-9/h5,7H,2-4,9H2,1H3,(H,10,11). The van der Waals surface area contributed by atoms with Crippen molar-refractivity contribution >= 4 is 16.5 Å². The molecule has 13 heavy (non-hydrogen) atoms. The molecule has 0 bridgehead atoms. The third-order valence-electron chi connectivity index (χ3n) is 2.26. The molecule has 3 N–H and O–H groups in total. The van der Waals surface area contributed by atoms with Gasteiger partial charge in [0.15, 0.2) is 5.13 Å². The molecule has 0 aromatic carbocycles. The van der Waals surface area contributed by atoms with Crippen LogP contribution in [0, 0.1) is 0 Å². The van der Waals surface area contributed by atoms with Gasteiger partial charge in [-0.2, -0.15) is 0 Å². The average molecular weight is 198 g/mol. The monoisotopic (exact) mass is 198 g/mol. The molecule has 1 heterocycles. The fourth-order valence-corrected chi connectivity index (χ4v) is 1.96. The van der Waals surface area contributed by atoms with Crippen molar-refractivity contribution in [2.75, 3.05) is 12.5 Å². The quantitative estimate of drug-likeness (QED) is 0.560. The maximum atomic E-state index is 5.25. The van der Waals surface area contributed by atoms with Gasteiger partial charge in [-0.25, -0.2) is 10.8 Å². The zero-order valence-corrected chi connectivity index (χ0v) is 8.47. The minimum atomic E-state index is 0.788. The van der Waals surface area contributed by atoms with Crippen molar-refractivity contribution in [1.29, 1.82) is 0 Å². The summed E-state index contributed by atoms with van der Waals surface area (Å²) in [6.07, 6.45) is 2.67. The summed E-state index contributed by atoms with van der Waals surface area (Å²) in [5.41, 5.74) is 3.66. The lowest BCUT2D eigenvalue weighted by Gasteiger charge is -2.12. The van der Waals surface area contributed by atoms with E-state index in [0.717, 1.165) is 23.4 Å². The largest absolute Gasteiger partial charge is 0.300 e. The van der Waals surface area contributed by atoms with E-state index in [4.69, 9.17) is 5.84 Å². The Morgan fingerprint density at radius 2 is 2.54 bits per heavy atom. The van der Waals surface area contributed by atoms with Gasteiger partial charge in [0.05, 0.1) is 5.69 Å². The zero-order valence-electron chi connectivity index (χ0n) is 7.66. The fraction of sp³-hybridized carbons (Fsp3) is 0.625. The van der Waals surface area contributed by atoms with Crippen molar-refractivity contribution in [3.63, 3.8) is 0 Å². The van der Waals surface area contributed by atoms with E-state index in [2.05, 4.69) is 22.4 Å². The average Bonchev–Trinajstić information content (AvgIpc) is 2.88. The SMILES string of the molecule is CN(Cc1csc(NN)n1)C1CC1. The van der Waals surface area contributed by atoms with E-state index in [1.165, 1.54) is 12.8 Å². The summed E-state index contributed by atoms with van der Waals surface area (Å²) in [5.74, 6) is 5.25. The van der Waals surface area contributed by atoms with Crippen LogP contribution < -0.4 is 11.3 Å². The van der Waals surface area contributed by atoms with Gasteiger partial charge < -0.3 is 0 Å². The van der Waals surface area contributed by atoms with E-state index >= 15 is 0 Å². The number of rotatable bonds is 4. The van der Waals surface area contributed by atoms with E-state index < -0.39 is 0 Å². The van der Waals surface area contributed by atoms with E-state index in [1.54, 1.807) is 11.3 Å². The van der Waals surface area contributed by atoms with Gasteiger partial charge in [0, 0.05) is 18.0 Å². The molecular weight excluding hydrogens is 184 g/mol. The molecule has 1 aromatic heterocycles. The summed E-state index contributed by atoms with van der Waals surface area (Å²) in [6.45, 7) is 0.933. The molecule has 0 atom stereocenters. The summed E-state index contributed by atoms with van der Waals surface area (Å²) in [6, 6.07) is 0.788. The number of hydrazine groups is 1. The second-order valence-electron chi connectivity index (χ2n) is 3.43. The van der Waals surface area contributed by atoms with E-state index in [1.807, 2.05) is 5.38 Å². The van der Waals surface area contributed by atoms with Crippen LogP contribution in [-0.4, -0.2) is 23.0 Å². The number of nitrogens with zero attached hydrogens (tertiary/aromatic N) is 2. The van der Waals surface area contributed by atoms with E-state index in [9.17, 15) is 0 Å². The molecule has 72 valence electrons. The number of hydrogen-bond acceptors (Lipinski definition) is 5. The molecule has 1 aliphatic carbocycles. The van der Waals surface area contributed by atoms with E-state index in [-0.39, 0.29) is 0 Å². The first-order chi connectivity index (χ1) is 6.29. The van der Waals surface area contributed by atoms with Gasteiger partial charge in [-0.3, -0.25) is 10.3 Å². The smallest absolute Gasteiger partial charge is 0.197 e. The third-order valence-corrected chi connectivity index (χ3v) is 3.08. The topological polar surface area (TPSA) is 54.2 Å². The van der Waals surface area contributed by atoms with Crippen molar-refractivity contribution in [2.45, 2.75) is 25.4 Å². The summed E-state index contributed by atoms with van der Waals surface area (Å²) in [5, 5.41) is 2.84. The van der Waals surface area contributed by atoms with Gasteiger partial charge in [0.1, 0.15) is 0 Å². The van der Waals surface area contributed by atoms with Crippen LogP contribution >= 0.6 is 11.3 Å². The Morgan fingerprint density at radius 3 is 3.08 bits per heavy atom. The lowest BCUT2D eigenvalue weighted by Crippen LogP contribution is -2.20. The van der Waals surface area contributed by atoms with Crippen LogP contribution in [0.2, 0.25) is 0 Å². The normalized spacial score (nSPS) is 16.5. The van der Waals surface area contributed by atoms with Crippen LogP contribution in [0.3, 0.4) is 0 Å². The minimum Gasteiger partial charge on any atom is -0.300 e. The van der Waals surface area contributed by atoms with Crippen molar-refractivity contribution in [2.24, 2.45) is 5.84 Å². The molecule has 2 rings (SSSR count). The van der Waals surface area contributed by atoms with Gasteiger partial charge in [-0.1, -0.05) is 0 Å². The molecule has 1 aromatic rings. The maximum Gasteiger partial charge on any atom is 0.197 e. The number of anilines is 1. The van der Waals surface area contributed by atoms with Crippen molar-refractivity contribution in [3.05, 3.63) is 11.1 Å². The predicted octanol–water partition coefficient (Wildman–Crippen LogP) is 1.02. The molecule has 1 saturated carbocycles. The number of nitrogen functional groups attached to an aromatic ring is 1. The van der Waals surface area contributed by atoms with Gasteiger partial charge >= 0.3 is 0 Å². The molecular formula is C8H14N4S. The van der Waals surface area contributed by atoms with Crippen LogP contribution in [0.5, 0.6) is 0 Å². The lowest BCUT2D eigenvalue weighted by atomic mass is 10.4. The molecule has 0 spiro atoms. The van der Waals surface area contributed by atoms with Crippen molar-refractivity contribution < 1.29 is 0 Å². The number of nitrogens with two attached hydrogens (primary N) is 1. The van der Waals surface area contributed by atoms with Gasteiger partial charge in [-0.15, -0.1) is 11.3 Å². The molecule has 0 amide bonds. The first-order valence-electron chi connectivity index (χ1n) is 4.41.